The van der Waals surface area contributed by atoms with Crippen LogP contribution in [0.1, 0.15) is 40.0 Å². The highest BCUT2D eigenvalue weighted by Gasteiger charge is 2.24. The number of hydrogen-bond acceptors (Lipinski definition) is 6. The first-order valence-corrected chi connectivity index (χ1v) is 9.59. The van der Waals surface area contributed by atoms with Gasteiger partial charge in [0.1, 0.15) is 17.5 Å². The van der Waals surface area contributed by atoms with Gasteiger partial charge in [0.15, 0.2) is 0 Å². The number of amides is 2. The third kappa shape index (κ3) is 8.41. The van der Waals surface area contributed by atoms with Crippen LogP contribution in [-0.2, 0) is 19.1 Å². The van der Waals surface area contributed by atoms with E-state index in [1.165, 1.54) is 14.2 Å². The molecule has 1 aromatic carbocycles. The Bertz CT molecular complexity index is 704. The second-order valence-electron chi connectivity index (χ2n) is 7.40. The van der Waals surface area contributed by atoms with Crippen molar-refractivity contribution < 1.29 is 28.6 Å². The Labute approximate surface area is 172 Å². The van der Waals surface area contributed by atoms with Gasteiger partial charge >= 0.3 is 5.97 Å². The molecular weight excluding hydrogens is 376 g/mol. The smallest absolute Gasteiger partial charge is 0.328 e. The van der Waals surface area contributed by atoms with Crippen LogP contribution in [0, 0.1) is 11.8 Å². The number of esters is 1. The van der Waals surface area contributed by atoms with E-state index in [0.29, 0.717) is 23.6 Å². The minimum absolute atomic E-state index is 0.124. The maximum Gasteiger partial charge on any atom is 0.328 e. The molecule has 2 amide bonds. The van der Waals surface area contributed by atoms with Crippen LogP contribution in [0.25, 0.3) is 0 Å². The van der Waals surface area contributed by atoms with Gasteiger partial charge in [-0.3, -0.25) is 9.59 Å². The molecule has 162 valence electrons. The van der Waals surface area contributed by atoms with E-state index in [4.69, 9.17) is 14.2 Å². The summed E-state index contributed by atoms with van der Waals surface area (Å²) in [5.74, 6) is 0.121. The number of hydrogen-bond donors (Lipinski definition) is 2. The topological polar surface area (TPSA) is 103 Å². The van der Waals surface area contributed by atoms with Gasteiger partial charge < -0.3 is 24.8 Å². The average molecular weight is 408 g/mol. The lowest BCUT2D eigenvalue weighted by molar-refractivity contribution is -0.145. The summed E-state index contributed by atoms with van der Waals surface area (Å²) in [5.41, 5.74) is 0.526. The fourth-order valence-corrected chi connectivity index (χ4v) is 2.89. The fourth-order valence-electron chi connectivity index (χ4n) is 2.89. The molecule has 0 saturated carbocycles. The Morgan fingerprint density at radius 2 is 1.62 bits per heavy atom. The van der Waals surface area contributed by atoms with E-state index < -0.39 is 12.0 Å². The number of carbonyl (C=O) groups excluding carboxylic acids is 3. The van der Waals surface area contributed by atoms with Crippen LogP contribution in [0.4, 0.5) is 5.69 Å². The molecule has 0 bridgehead atoms. The lowest BCUT2D eigenvalue weighted by Crippen LogP contribution is -2.42. The predicted octanol–water partition coefficient (Wildman–Crippen LogP) is 2.76. The van der Waals surface area contributed by atoms with Crippen molar-refractivity contribution in [2.24, 2.45) is 11.8 Å². The van der Waals surface area contributed by atoms with Crippen molar-refractivity contribution in [1.29, 1.82) is 0 Å². The van der Waals surface area contributed by atoms with Gasteiger partial charge in [-0.05, 0) is 30.4 Å². The van der Waals surface area contributed by atoms with Crippen molar-refractivity contribution >= 4 is 23.5 Å². The summed E-state index contributed by atoms with van der Waals surface area (Å²) in [6, 6.07) is 4.40. The first-order chi connectivity index (χ1) is 13.7. The first-order valence-electron chi connectivity index (χ1n) is 9.59. The molecule has 0 unspecified atom stereocenters. The van der Waals surface area contributed by atoms with E-state index in [0.717, 1.165) is 0 Å². The van der Waals surface area contributed by atoms with E-state index in [2.05, 4.69) is 10.6 Å². The van der Waals surface area contributed by atoms with Crippen LogP contribution in [0.2, 0.25) is 0 Å². The summed E-state index contributed by atoms with van der Waals surface area (Å²) < 4.78 is 15.1. The van der Waals surface area contributed by atoms with Gasteiger partial charge in [0.25, 0.3) is 0 Å². The number of nitrogens with one attached hydrogen (secondary N) is 2. The summed E-state index contributed by atoms with van der Waals surface area (Å²) in [7, 11) is 4.35. The highest BCUT2D eigenvalue weighted by Crippen LogP contribution is 2.29. The molecular formula is C21H32N2O6. The molecule has 0 aliphatic carbocycles. The maximum atomic E-state index is 12.3. The normalized spacial score (nSPS) is 12.7. The summed E-state index contributed by atoms with van der Waals surface area (Å²) >= 11 is 0. The molecule has 0 fully saturated rings. The Morgan fingerprint density at radius 1 is 0.966 bits per heavy atom. The summed E-state index contributed by atoms with van der Waals surface area (Å²) in [5, 5.41) is 5.49. The minimum atomic E-state index is -0.683. The number of methoxy groups -OCH3 is 3. The predicted molar refractivity (Wildman–Crippen MR) is 110 cm³/mol. The summed E-state index contributed by atoms with van der Waals surface area (Å²) in [6.07, 6.45) is 0.763. The van der Waals surface area contributed by atoms with Gasteiger partial charge in [0.2, 0.25) is 11.8 Å². The SMILES string of the molecule is COC(=O)[C@H](CC(C)C)NC(=O)C[C@@H](C)CC(=O)Nc1ccc(OC)cc1OC. The lowest BCUT2D eigenvalue weighted by Gasteiger charge is -2.19. The zero-order chi connectivity index (χ0) is 22.0. The molecule has 8 nitrogen and oxygen atoms in total. The third-order valence-electron chi connectivity index (χ3n) is 4.28. The van der Waals surface area contributed by atoms with Crippen molar-refractivity contribution in [3.8, 4) is 11.5 Å². The van der Waals surface area contributed by atoms with Crippen molar-refractivity contribution in [3.63, 3.8) is 0 Å². The van der Waals surface area contributed by atoms with Gasteiger partial charge in [0, 0.05) is 18.9 Å². The Morgan fingerprint density at radius 3 is 2.17 bits per heavy atom. The second kappa shape index (κ2) is 11.9. The Kier molecular flexibility index (Phi) is 9.99. The number of anilines is 1. The van der Waals surface area contributed by atoms with Crippen LogP contribution in [0.3, 0.4) is 0 Å². The van der Waals surface area contributed by atoms with E-state index in [1.807, 2.05) is 13.8 Å². The quantitative estimate of drug-likeness (QED) is 0.546. The molecule has 0 radical (unpaired) electrons. The van der Waals surface area contributed by atoms with Gasteiger partial charge in [-0.15, -0.1) is 0 Å². The highest BCUT2D eigenvalue weighted by molar-refractivity contribution is 5.93. The molecule has 0 aliphatic heterocycles. The van der Waals surface area contributed by atoms with Gasteiger partial charge in [0.05, 0.1) is 27.0 Å². The zero-order valence-electron chi connectivity index (χ0n) is 18.0. The molecule has 8 heteroatoms. The average Bonchev–Trinajstić information content (AvgIpc) is 2.66. The van der Waals surface area contributed by atoms with Crippen LogP contribution in [-0.4, -0.2) is 45.2 Å². The van der Waals surface area contributed by atoms with Gasteiger partial charge in [-0.25, -0.2) is 4.79 Å². The fraction of sp³-hybridized carbons (Fsp3) is 0.571. The summed E-state index contributed by atoms with van der Waals surface area (Å²) in [6.45, 7) is 5.73. The molecule has 0 saturated heterocycles. The van der Waals surface area contributed by atoms with Crippen molar-refractivity contribution in [2.75, 3.05) is 26.6 Å². The summed E-state index contributed by atoms with van der Waals surface area (Å²) in [4.78, 5) is 36.5. The third-order valence-corrected chi connectivity index (χ3v) is 4.28. The maximum absolute atomic E-state index is 12.3. The van der Waals surface area contributed by atoms with E-state index in [1.54, 1.807) is 32.2 Å². The van der Waals surface area contributed by atoms with Crippen molar-refractivity contribution in [3.05, 3.63) is 18.2 Å². The number of rotatable bonds is 11. The molecule has 0 aliphatic rings. The van der Waals surface area contributed by atoms with Crippen LogP contribution >= 0.6 is 0 Å². The number of benzene rings is 1. The largest absolute Gasteiger partial charge is 0.497 e. The standard InChI is InChI=1S/C21H32N2O6/c1-13(2)9-17(21(26)29-6)23-20(25)11-14(3)10-19(24)22-16-8-7-15(27-4)12-18(16)28-5/h7-8,12-14,17H,9-11H2,1-6H3,(H,22,24)(H,23,25)/t14-,17-/m0/s1. The van der Waals surface area contributed by atoms with E-state index in [9.17, 15) is 14.4 Å². The van der Waals surface area contributed by atoms with Crippen molar-refractivity contribution in [2.45, 2.75) is 46.1 Å². The highest BCUT2D eigenvalue weighted by atomic mass is 16.5. The zero-order valence-corrected chi connectivity index (χ0v) is 18.0. The van der Waals surface area contributed by atoms with Crippen LogP contribution < -0.4 is 20.1 Å². The number of ether oxygens (including phenoxy) is 3. The first kappa shape index (κ1) is 24.3. The Hall–Kier alpha value is -2.77. The van der Waals surface area contributed by atoms with Gasteiger partial charge in [-0.2, -0.15) is 0 Å². The molecule has 2 N–H and O–H groups in total. The second-order valence-corrected chi connectivity index (χ2v) is 7.40. The molecule has 0 heterocycles. The molecule has 1 rings (SSSR count). The van der Waals surface area contributed by atoms with Gasteiger partial charge in [-0.1, -0.05) is 20.8 Å². The van der Waals surface area contributed by atoms with Crippen LogP contribution in [0.5, 0.6) is 11.5 Å². The van der Waals surface area contributed by atoms with Crippen LogP contribution in [0.15, 0.2) is 18.2 Å². The molecule has 0 aromatic heterocycles. The minimum Gasteiger partial charge on any atom is -0.497 e. The van der Waals surface area contributed by atoms with E-state index >= 15 is 0 Å². The molecule has 1 aromatic rings. The Balaban J connectivity index is 2.60. The monoisotopic (exact) mass is 408 g/mol. The molecule has 0 spiro atoms. The lowest BCUT2D eigenvalue weighted by atomic mass is 10.0. The van der Waals surface area contributed by atoms with E-state index in [-0.39, 0.29) is 36.5 Å². The molecule has 2 atom stereocenters. The molecule has 29 heavy (non-hydrogen) atoms. The van der Waals surface area contributed by atoms with Crippen molar-refractivity contribution in [1.82, 2.24) is 5.32 Å². The number of carbonyl (C=O) groups is 3.